The summed E-state index contributed by atoms with van der Waals surface area (Å²) in [6, 6.07) is 20.3. The van der Waals surface area contributed by atoms with Gasteiger partial charge in [0.25, 0.3) is 0 Å². The van der Waals surface area contributed by atoms with E-state index in [1.165, 1.54) is 5.69 Å². The highest BCUT2D eigenvalue weighted by molar-refractivity contribution is 6.30. The lowest BCUT2D eigenvalue weighted by Gasteiger charge is -2.34. The van der Waals surface area contributed by atoms with Gasteiger partial charge >= 0.3 is 0 Å². The van der Waals surface area contributed by atoms with Gasteiger partial charge in [0, 0.05) is 48.1 Å². The molecule has 5 rings (SSSR count). The summed E-state index contributed by atoms with van der Waals surface area (Å²) in [6.07, 6.45) is 1.83. The second-order valence-electron chi connectivity index (χ2n) is 7.61. The molecule has 4 aromatic rings. The standard InChI is InChI=1S/C23H23ClN6/c1-28-10-12-29(13-11-28)20-7-3-6-19(15-20)26-23-25-16-21-8-9-22(30(21)27-23)17-4-2-5-18(24)14-17/h2-9,14-16H,10-13H2,1H3,(H,26,27). The SMILES string of the molecule is CN1CCN(c2cccc(Nc3ncc4ccc(-c5cccc(Cl)c5)n4n3)c2)CC1. The highest BCUT2D eigenvalue weighted by Crippen LogP contribution is 2.26. The third-order valence-electron chi connectivity index (χ3n) is 5.49. The van der Waals surface area contributed by atoms with Gasteiger partial charge < -0.3 is 15.1 Å². The number of rotatable bonds is 4. The van der Waals surface area contributed by atoms with E-state index < -0.39 is 0 Å². The highest BCUT2D eigenvalue weighted by atomic mass is 35.5. The summed E-state index contributed by atoms with van der Waals surface area (Å²) in [5, 5.41) is 8.78. The maximum atomic E-state index is 6.18. The van der Waals surface area contributed by atoms with Crippen molar-refractivity contribution in [1.29, 1.82) is 0 Å². The van der Waals surface area contributed by atoms with E-state index in [4.69, 9.17) is 16.7 Å². The molecule has 0 radical (unpaired) electrons. The van der Waals surface area contributed by atoms with Crippen molar-refractivity contribution in [3.63, 3.8) is 0 Å². The number of aromatic nitrogens is 3. The largest absolute Gasteiger partial charge is 0.369 e. The Morgan fingerprint density at radius 2 is 1.77 bits per heavy atom. The Hall–Kier alpha value is -3.09. The highest BCUT2D eigenvalue weighted by Gasteiger charge is 2.15. The lowest BCUT2D eigenvalue weighted by Crippen LogP contribution is -2.44. The molecule has 1 fully saturated rings. The molecule has 0 unspecified atom stereocenters. The maximum Gasteiger partial charge on any atom is 0.245 e. The molecule has 6 nitrogen and oxygen atoms in total. The Morgan fingerprint density at radius 3 is 2.60 bits per heavy atom. The summed E-state index contributed by atoms with van der Waals surface area (Å²) in [6.45, 7) is 4.23. The van der Waals surface area contributed by atoms with Crippen molar-refractivity contribution in [2.24, 2.45) is 0 Å². The van der Waals surface area contributed by atoms with Crippen LogP contribution in [-0.2, 0) is 0 Å². The van der Waals surface area contributed by atoms with E-state index in [2.05, 4.69) is 45.3 Å². The van der Waals surface area contributed by atoms with Gasteiger partial charge in [-0.1, -0.05) is 29.8 Å². The van der Waals surface area contributed by atoms with Crippen molar-refractivity contribution in [3.05, 3.63) is 71.9 Å². The molecule has 0 atom stereocenters. The van der Waals surface area contributed by atoms with Gasteiger partial charge in [0.15, 0.2) is 0 Å². The zero-order valence-corrected chi connectivity index (χ0v) is 17.5. The van der Waals surface area contributed by atoms with Crippen molar-refractivity contribution < 1.29 is 0 Å². The van der Waals surface area contributed by atoms with Crippen molar-refractivity contribution in [3.8, 4) is 11.3 Å². The molecular weight excluding hydrogens is 396 g/mol. The number of nitrogens with zero attached hydrogens (tertiary/aromatic N) is 5. The molecule has 0 saturated carbocycles. The van der Waals surface area contributed by atoms with Crippen molar-refractivity contribution in [1.82, 2.24) is 19.5 Å². The van der Waals surface area contributed by atoms with Gasteiger partial charge in [0.1, 0.15) is 0 Å². The second-order valence-corrected chi connectivity index (χ2v) is 8.05. The van der Waals surface area contributed by atoms with E-state index >= 15 is 0 Å². The molecule has 0 amide bonds. The summed E-state index contributed by atoms with van der Waals surface area (Å²) in [5.74, 6) is 0.553. The maximum absolute atomic E-state index is 6.18. The molecule has 2 aromatic heterocycles. The van der Waals surface area contributed by atoms with Crippen molar-refractivity contribution >= 4 is 34.4 Å². The van der Waals surface area contributed by atoms with Gasteiger partial charge in [-0.25, -0.2) is 9.50 Å². The van der Waals surface area contributed by atoms with Crippen LogP contribution in [0.2, 0.25) is 5.02 Å². The number of halogens is 1. The summed E-state index contributed by atoms with van der Waals surface area (Å²) >= 11 is 6.18. The molecule has 0 bridgehead atoms. The number of piperazine rings is 1. The van der Waals surface area contributed by atoms with Gasteiger partial charge in [0.2, 0.25) is 5.95 Å². The van der Waals surface area contributed by atoms with E-state index in [9.17, 15) is 0 Å². The molecule has 0 spiro atoms. The fourth-order valence-corrected chi connectivity index (χ4v) is 3.99. The molecule has 30 heavy (non-hydrogen) atoms. The molecule has 2 aromatic carbocycles. The number of benzene rings is 2. The first-order chi connectivity index (χ1) is 14.7. The Labute approximate surface area is 180 Å². The van der Waals surface area contributed by atoms with Crippen LogP contribution in [0.5, 0.6) is 0 Å². The zero-order valence-electron chi connectivity index (χ0n) is 16.8. The number of fused-ring (bicyclic) bond motifs is 1. The van der Waals surface area contributed by atoms with Gasteiger partial charge in [-0.15, -0.1) is 5.10 Å². The van der Waals surface area contributed by atoms with Crippen LogP contribution in [-0.4, -0.2) is 52.7 Å². The first-order valence-electron chi connectivity index (χ1n) is 10.1. The van der Waals surface area contributed by atoms with Gasteiger partial charge in [-0.3, -0.25) is 0 Å². The minimum Gasteiger partial charge on any atom is -0.369 e. The summed E-state index contributed by atoms with van der Waals surface area (Å²) in [4.78, 5) is 9.26. The average molecular weight is 419 g/mol. The smallest absolute Gasteiger partial charge is 0.245 e. The van der Waals surface area contributed by atoms with Crippen LogP contribution in [0.15, 0.2) is 66.9 Å². The van der Waals surface area contributed by atoms with Crippen LogP contribution in [0.4, 0.5) is 17.3 Å². The van der Waals surface area contributed by atoms with Crippen LogP contribution in [0.1, 0.15) is 0 Å². The third-order valence-corrected chi connectivity index (χ3v) is 5.72. The lowest BCUT2D eigenvalue weighted by atomic mass is 10.2. The monoisotopic (exact) mass is 418 g/mol. The van der Waals surface area contributed by atoms with Crippen LogP contribution in [0.3, 0.4) is 0 Å². The average Bonchev–Trinajstić information content (AvgIpc) is 3.18. The normalized spacial score (nSPS) is 14.9. The van der Waals surface area contributed by atoms with Crippen LogP contribution >= 0.6 is 11.6 Å². The fourth-order valence-electron chi connectivity index (χ4n) is 3.80. The van der Waals surface area contributed by atoms with Gasteiger partial charge in [-0.2, -0.15) is 0 Å². The van der Waals surface area contributed by atoms with Crippen LogP contribution < -0.4 is 10.2 Å². The van der Waals surface area contributed by atoms with Gasteiger partial charge in [0.05, 0.1) is 17.4 Å². The Bertz CT molecular complexity index is 1180. The van der Waals surface area contributed by atoms with Crippen LogP contribution in [0.25, 0.3) is 16.8 Å². The molecule has 152 valence electrons. The van der Waals surface area contributed by atoms with Crippen LogP contribution in [0, 0.1) is 0 Å². The number of likely N-dealkylation sites (N-methyl/N-ethyl adjacent to an activating group) is 1. The molecule has 7 heteroatoms. The van der Waals surface area contributed by atoms with E-state index in [1.807, 2.05) is 53.2 Å². The Kier molecular flexibility index (Phi) is 5.02. The number of hydrogen-bond acceptors (Lipinski definition) is 5. The summed E-state index contributed by atoms with van der Waals surface area (Å²) in [7, 11) is 2.17. The van der Waals surface area contributed by atoms with E-state index in [0.29, 0.717) is 11.0 Å². The predicted molar refractivity (Wildman–Crippen MR) is 123 cm³/mol. The van der Waals surface area contributed by atoms with E-state index in [0.717, 1.165) is 48.6 Å². The van der Waals surface area contributed by atoms with E-state index in [1.54, 1.807) is 0 Å². The minimum atomic E-state index is 0.553. The Balaban J connectivity index is 1.42. The third kappa shape index (κ3) is 3.84. The minimum absolute atomic E-state index is 0.553. The zero-order chi connectivity index (χ0) is 20.5. The fraction of sp³-hybridized carbons (Fsp3) is 0.217. The molecule has 1 aliphatic heterocycles. The van der Waals surface area contributed by atoms with Gasteiger partial charge in [-0.05, 0) is 49.5 Å². The number of anilines is 3. The first-order valence-corrected chi connectivity index (χ1v) is 10.4. The number of nitrogens with one attached hydrogen (secondary N) is 1. The number of hydrogen-bond donors (Lipinski definition) is 1. The summed E-state index contributed by atoms with van der Waals surface area (Å²) in [5.41, 5.74) is 5.12. The molecule has 1 aliphatic rings. The molecular formula is C23H23ClN6. The predicted octanol–water partition coefficient (Wildman–Crippen LogP) is 4.55. The quantitative estimate of drug-likeness (QED) is 0.527. The van der Waals surface area contributed by atoms with E-state index in [-0.39, 0.29) is 0 Å². The summed E-state index contributed by atoms with van der Waals surface area (Å²) < 4.78 is 1.89. The molecule has 1 N–H and O–H groups in total. The first kappa shape index (κ1) is 18.9. The molecule has 3 heterocycles. The van der Waals surface area contributed by atoms with Crippen molar-refractivity contribution in [2.75, 3.05) is 43.4 Å². The molecule has 1 saturated heterocycles. The van der Waals surface area contributed by atoms with Crippen molar-refractivity contribution in [2.45, 2.75) is 0 Å². The second kappa shape index (κ2) is 7.97. The lowest BCUT2D eigenvalue weighted by molar-refractivity contribution is 0.313. The Morgan fingerprint density at radius 1 is 0.933 bits per heavy atom. The molecule has 0 aliphatic carbocycles. The topological polar surface area (TPSA) is 48.7 Å².